The number of carbonyl (C=O) groups is 1. The van der Waals surface area contributed by atoms with E-state index in [1.54, 1.807) is 4.90 Å². The Morgan fingerprint density at radius 1 is 1.06 bits per heavy atom. The van der Waals surface area contributed by atoms with Crippen LogP contribution in [0.3, 0.4) is 0 Å². The van der Waals surface area contributed by atoms with Crippen LogP contribution >= 0.6 is 0 Å². The van der Waals surface area contributed by atoms with Crippen LogP contribution in [0.15, 0.2) is 51.8 Å². The van der Waals surface area contributed by atoms with Crippen LogP contribution in [0.2, 0.25) is 0 Å². The number of imidazole rings is 1. The maximum Gasteiger partial charge on any atom is 0.326 e. The number of benzene rings is 2. The minimum Gasteiger partial charge on any atom is -0.339 e. The maximum atomic E-state index is 12.6. The van der Waals surface area contributed by atoms with Gasteiger partial charge in [0.1, 0.15) is 0 Å². The SMILES string of the molecule is Cc1ccc(N2C[C@H](c3nc(-c4ccc5c(c4)[nH]c(=O)n5C4CCCC4)no3)CC2=O)cc1. The zero-order valence-corrected chi connectivity index (χ0v) is 18.5. The van der Waals surface area contributed by atoms with Crippen molar-refractivity contribution in [1.82, 2.24) is 19.7 Å². The molecular formula is C25H25N5O3. The minimum atomic E-state index is -0.146. The van der Waals surface area contributed by atoms with Gasteiger partial charge in [-0.25, -0.2) is 4.79 Å². The van der Waals surface area contributed by atoms with Gasteiger partial charge in [-0.3, -0.25) is 9.36 Å². The fourth-order valence-corrected chi connectivity index (χ4v) is 5.16. The molecule has 4 aromatic rings. The van der Waals surface area contributed by atoms with Gasteiger partial charge >= 0.3 is 5.69 Å². The number of aromatic nitrogens is 4. The summed E-state index contributed by atoms with van der Waals surface area (Å²) in [4.78, 5) is 34.5. The number of nitrogens with one attached hydrogen (secondary N) is 1. The molecule has 0 bridgehead atoms. The Morgan fingerprint density at radius 2 is 1.85 bits per heavy atom. The van der Waals surface area contributed by atoms with Crippen molar-refractivity contribution < 1.29 is 9.32 Å². The summed E-state index contributed by atoms with van der Waals surface area (Å²) in [7, 11) is 0. The molecule has 8 heteroatoms. The summed E-state index contributed by atoms with van der Waals surface area (Å²) < 4.78 is 7.45. The molecule has 3 heterocycles. The van der Waals surface area contributed by atoms with Crippen molar-refractivity contribution in [3.05, 3.63) is 64.4 Å². The highest BCUT2D eigenvalue weighted by Crippen LogP contribution is 2.34. The van der Waals surface area contributed by atoms with Crippen molar-refractivity contribution >= 4 is 22.6 Å². The summed E-state index contributed by atoms with van der Waals surface area (Å²) in [5.74, 6) is 0.829. The topological polar surface area (TPSA) is 97.0 Å². The van der Waals surface area contributed by atoms with Gasteiger partial charge in [0, 0.05) is 30.3 Å². The lowest BCUT2D eigenvalue weighted by Crippen LogP contribution is -2.24. The third-order valence-electron chi connectivity index (χ3n) is 6.93. The predicted octanol–water partition coefficient (Wildman–Crippen LogP) is 4.32. The molecule has 2 aliphatic rings. The molecule has 0 radical (unpaired) electrons. The van der Waals surface area contributed by atoms with Crippen molar-refractivity contribution in [3.8, 4) is 11.4 Å². The zero-order chi connectivity index (χ0) is 22.5. The van der Waals surface area contributed by atoms with E-state index in [0.717, 1.165) is 40.7 Å². The van der Waals surface area contributed by atoms with E-state index in [-0.39, 0.29) is 23.6 Å². The van der Waals surface area contributed by atoms with E-state index in [2.05, 4.69) is 15.1 Å². The molecule has 1 amide bonds. The number of rotatable bonds is 4. The molecule has 1 atom stereocenters. The lowest BCUT2D eigenvalue weighted by Gasteiger charge is -2.16. The normalized spacial score (nSPS) is 19.2. The molecule has 8 nitrogen and oxygen atoms in total. The van der Waals surface area contributed by atoms with Gasteiger partial charge in [0.25, 0.3) is 0 Å². The third kappa shape index (κ3) is 3.46. The van der Waals surface area contributed by atoms with Gasteiger partial charge in [-0.1, -0.05) is 35.7 Å². The van der Waals surface area contributed by atoms with Crippen molar-refractivity contribution in [2.24, 2.45) is 0 Å². The smallest absolute Gasteiger partial charge is 0.326 e. The van der Waals surface area contributed by atoms with E-state index in [9.17, 15) is 9.59 Å². The van der Waals surface area contributed by atoms with E-state index in [0.29, 0.717) is 24.7 Å². The van der Waals surface area contributed by atoms with Gasteiger partial charge in [0.15, 0.2) is 0 Å². The number of fused-ring (bicyclic) bond motifs is 1. The van der Waals surface area contributed by atoms with Crippen LogP contribution in [0, 0.1) is 6.92 Å². The summed E-state index contributed by atoms with van der Waals surface area (Å²) in [6.07, 6.45) is 4.76. The van der Waals surface area contributed by atoms with Gasteiger partial charge in [-0.05, 0) is 50.1 Å². The number of anilines is 1. The number of nitrogens with zero attached hydrogens (tertiary/aromatic N) is 4. The molecule has 2 fully saturated rings. The van der Waals surface area contributed by atoms with E-state index in [1.807, 2.05) is 54.0 Å². The Morgan fingerprint density at radius 3 is 2.64 bits per heavy atom. The summed E-state index contributed by atoms with van der Waals surface area (Å²) in [6, 6.07) is 14.0. The van der Waals surface area contributed by atoms with Gasteiger partial charge in [0.05, 0.1) is 17.0 Å². The number of hydrogen-bond acceptors (Lipinski definition) is 5. The molecule has 0 unspecified atom stereocenters. The average molecular weight is 444 g/mol. The molecule has 2 aromatic carbocycles. The van der Waals surface area contributed by atoms with Crippen molar-refractivity contribution in [1.29, 1.82) is 0 Å². The highest BCUT2D eigenvalue weighted by molar-refractivity contribution is 5.96. The van der Waals surface area contributed by atoms with Crippen LogP contribution in [-0.4, -0.2) is 32.1 Å². The molecule has 2 aromatic heterocycles. The van der Waals surface area contributed by atoms with Crippen LogP contribution in [0.4, 0.5) is 5.69 Å². The van der Waals surface area contributed by atoms with Gasteiger partial charge in [-0.2, -0.15) is 4.98 Å². The Hall–Kier alpha value is -3.68. The second kappa shape index (κ2) is 7.72. The van der Waals surface area contributed by atoms with Crippen LogP contribution in [0.5, 0.6) is 0 Å². The number of carbonyl (C=O) groups excluding carboxylic acids is 1. The molecule has 168 valence electrons. The van der Waals surface area contributed by atoms with Gasteiger partial charge < -0.3 is 14.4 Å². The Bertz CT molecular complexity index is 1390. The summed E-state index contributed by atoms with van der Waals surface area (Å²) in [6.45, 7) is 2.54. The van der Waals surface area contributed by atoms with E-state index in [1.165, 1.54) is 12.8 Å². The largest absolute Gasteiger partial charge is 0.339 e. The molecule has 33 heavy (non-hydrogen) atoms. The molecule has 6 rings (SSSR count). The first kappa shape index (κ1) is 20.0. The standard InChI is InChI=1S/C25H25N5O3/c1-15-6-9-18(10-7-15)29-14-17(13-22(29)31)24-27-23(28-33-24)16-8-11-21-20(12-16)26-25(32)30(21)19-4-2-3-5-19/h6-12,17,19H,2-5,13-14H2,1H3,(H,26,32)/t17-/m1/s1. The minimum absolute atomic E-state index is 0.0517. The number of aryl methyl sites for hydroxylation is 1. The van der Waals surface area contributed by atoms with Crippen molar-refractivity contribution in [2.45, 2.75) is 51.0 Å². The van der Waals surface area contributed by atoms with Crippen LogP contribution in [0.1, 0.15) is 55.5 Å². The monoisotopic (exact) mass is 443 g/mol. The van der Waals surface area contributed by atoms with Crippen LogP contribution in [-0.2, 0) is 4.79 Å². The fraction of sp³-hybridized carbons (Fsp3) is 0.360. The van der Waals surface area contributed by atoms with Gasteiger partial charge in [0.2, 0.25) is 17.6 Å². The first-order valence-electron chi connectivity index (χ1n) is 11.5. The first-order valence-corrected chi connectivity index (χ1v) is 11.5. The summed E-state index contributed by atoms with van der Waals surface area (Å²) in [5.41, 5.74) is 4.43. The lowest BCUT2D eigenvalue weighted by molar-refractivity contribution is -0.117. The zero-order valence-electron chi connectivity index (χ0n) is 18.5. The second-order valence-corrected chi connectivity index (χ2v) is 9.17. The van der Waals surface area contributed by atoms with Gasteiger partial charge in [-0.15, -0.1) is 0 Å². The third-order valence-corrected chi connectivity index (χ3v) is 6.93. The van der Waals surface area contributed by atoms with Crippen LogP contribution in [0.25, 0.3) is 22.4 Å². The number of amides is 1. The second-order valence-electron chi connectivity index (χ2n) is 9.17. The highest BCUT2D eigenvalue weighted by atomic mass is 16.5. The number of hydrogen-bond donors (Lipinski definition) is 1. The predicted molar refractivity (Wildman–Crippen MR) is 124 cm³/mol. The van der Waals surface area contributed by atoms with E-state index >= 15 is 0 Å². The van der Waals surface area contributed by atoms with E-state index in [4.69, 9.17) is 4.52 Å². The summed E-state index contributed by atoms with van der Waals surface area (Å²) >= 11 is 0. The quantitative estimate of drug-likeness (QED) is 0.507. The highest BCUT2D eigenvalue weighted by Gasteiger charge is 2.35. The summed E-state index contributed by atoms with van der Waals surface area (Å²) in [5, 5.41) is 4.16. The van der Waals surface area contributed by atoms with E-state index < -0.39 is 0 Å². The first-order chi connectivity index (χ1) is 16.1. The molecule has 1 aliphatic heterocycles. The molecule has 1 saturated carbocycles. The van der Waals surface area contributed by atoms with Crippen LogP contribution < -0.4 is 10.6 Å². The molecular weight excluding hydrogens is 418 g/mol. The van der Waals surface area contributed by atoms with Crippen molar-refractivity contribution in [3.63, 3.8) is 0 Å². The molecule has 0 spiro atoms. The number of aromatic amines is 1. The Kier molecular flexibility index (Phi) is 4.67. The van der Waals surface area contributed by atoms with Crippen molar-refractivity contribution in [2.75, 3.05) is 11.4 Å². The molecule has 1 aliphatic carbocycles. The maximum absolute atomic E-state index is 12.6. The lowest BCUT2D eigenvalue weighted by atomic mass is 10.1. The molecule has 1 saturated heterocycles. The Balaban J connectivity index is 1.26. The molecule has 1 N–H and O–H groups in total. The fourth-order valence-electron chi connectivity index (χ4n) is 5.16. The number of H-pyrrole nitrogens is 1. The average Bonchev–Trinajstić information content (AvgIpc) is 3.59. The Labute approximate surface area is 190 Å².